The van der Waals surface area contributed by atoms with E-state index in [0.29, 0.717) is 0 Å². The van der Waals surface area contributed by atoms with Gasteiger partial charge in [0.25, 0.3) is 11.8 Å². The minimum Gasteiger partial charge on any atom is -0.444 e. The lowest BCUT2D eigenvalue weighted by molar-refractivity contribution is -0.274. The molecule has 1 aromatic carbocycles. The number of hydrogen-bond donors (Lipinski definition) is 3. The van der Waals surface area contributed by atoms with E-state index in [1.54, 1.807) is 20.8 Å². The second-order valence-corrected chi connectivity index (χ2v) is 15.1. The standard InChI is InChI=1S/C22H34F3N3O6Si/c1-20(2,3)34-19(31)26-16(13-32-35(7,8)21(4,5)6)18(30)28-27-17(29)14-9-11-15(12-10-14)33-22(23,24)25/h9-12,16H,13H2,1-8H3,(H,26,31)(H,27,29)(H,28,30)/t16-/m0/s1. The molecular formula is C22H34F3N3O6Si. The van der Waals surface area contributed by atoms with Crippen LogP contribution in [-0.4, -0.2) is 50.8 Å². The first-order valence-electron chi connectivity index (χ1n) is 10.8. The van der Waals surface area contributed by atoms with Crippen LogP contribution in [0.5, 0.6) is 5.75 Å². The monoisotopic (exact) mass is 521 g/mol. The Morgan fingerprint density at radius 1 is 0.943 bits per heavy atom. The van der Waals surface area contributed by atoms with E-state index >= 15 is 0 Å². The number of hydrazine groups is 1. The summed E-state index contributed by atoms with van der Waals surface area (Å²) >= 11 is 0. The van der Waals surface area contributed by atoms with E-state index in [4.69, 9.17) is 9.16 Å². The highest BCUT2D eigenvalue weighted by atomic mass is 28.4. The summed E-state index contributed by atoms with van der Waals surface area (Å²) in [6.07, 6.45) is -5.71. The summed E-state index contributed by atoms with van der Waals surface area (Å²) in [7, 11) is -2.28. The highest BCUT2D eigenvalue weighted by Gasteiger charge is 2.38. The van der Waals surface area contributed by atoms with Crippen LogP contribution in [0.25, 0.3) is 0 Å². The molecule has 0 aliphatic heterocycles. The van der Waals surface area contributed by atoms with E-state index in [9.17, 15) is 27.6 Å². The van der Waals surface area contributed by atoms with Crippen molar-refractivity contribution in [2.45, 2.75) is 77.7 Å². The molecular weight excluding hydrogens is 487 g/mol. The first-order chi connectivity index (χ1) is 15.7. The van der Waals surface area contributed by atoms with Crippen LogP contribution in [0.15, 0.2) is 24.3 Å². The number of amides is 3. The van der Waals surface area contributed by atoms with Gasteiger partial charge in [0, 0.05) is 5.56 Å². The zero-order valence-electron chi connectivity index (χ0n) is 21.2. The van der Waals surface area contributed by atoms with Crippen molar-refractivity contribution in [2.75, 3.05) is 6.61 Å². The third kappa shape index (κ3) is 11.0. The maximum atomic E-state index is 12.8. The van der Waals surface area contributed by atoms with Gasteiger partial charge in [0.15, 0.2) is 8.32 Å². The third-order valence-electron chi connectivity index (χ3n) is 5.07. The van der Waals surface area contributed by atoms with Crippen LogP contribution in [0.2, 0.25) is 18.1 Å². The number of nitrogens with one attached hydrogen (secondary N) is 3. The maximum absolute atomic E-state index is 12.8. The molecule has 0 saturated heterocycles. The van der Waals surface area contributed by atoms with Crippen LogP contribution in [0, 0.1) is 0 Å². The van der Waals surface area contributed by atoms with Gasteiger partial charge in [0.05, 0.1) is 6.61 Å². The minimum atomic E-state index is -4.86. The average Bonchev–Trinajstić information content (AvgIpc) is 2.66. The molecule has 3 N–H and O–H groups in total. The molecule has 0 bridgehead atoms. The molecule has 9 nitrogen and oxygen atoms in total. The highest BCUT2D eigenvalue weighted by molar-refractivity contribution is 6.74. The van der Waals surface area contributed by atoms with Gasteiger partial charge in [-0.15, -0.1) is 13.2 Å². The lowest BCUT2D eigenvalue weighted by Crippen LogP contribution is -2.56. The Kier molecular flexibility index (Phi) is 9.75. The first-order valence-corrected chi connectivity index (χ1v) is 13.7. The quantitative estimate of drug-likeness (QED) is 0.365. The normalized spacial score (nSPS) is 13.5. The van der Waals surface area contributed by atoms with Gasteiger partial charge < -0.3 is 19.2 Å². The Balaban J connectivity index is 2.86. The first kappa shape index (κ1) is 30.2. The molecule has 0 radical (unpaired) electrons. The number of carbonyl (C=O) groups is 3. The fraction of sp³-hybridized carbons (Fsp3) is 0.591. The maximum Gasteiger partial charge on any atom is 0.573 e. The second-order valence-electron chi connectivity index (χ2n) is 10.3. The van der Waals surface area contributed by atoms with Gasteiger partial charge in [0.1, 0.15) is 17.4 Å². The molecule has 1 atom stereocenters. The summed E-state index contributed by atoms with van der Waals surface area (Å²) in [5, 5.41) is 2.28. The fourth-order valence-corrected chi connectivity index (χ4v) is 3.24. The Labute approximate surface area is 204 Å². The molecule has 0 spiro atoms. The van der Waals surface area contributed by atoms with Crippen molar-refractivity contribution < 1.29 is 41.5 Å². The second kappa shape index (κ2) is 11.3. The molecule has 0 aliphatic rings. The number of benzene rings is 1. The Morgan fingerprint density at radius 3 is 1.94 bits per heavy atom. The molecule has 0 saturated carbocycles. The topological polar surface area (TPSA) is 115 Å². The van der Waals surface area contributed by atoms with Crippen LogP contribution in [-0.2, 0) is 14.0 Å². The van der Waals surface area contributed by atoms with Crippen LogP contribution in [0.3, 0.4) is 0 Å². The number of halogens is 3. The van der Waals surface area contributed by atoms with Crippen molar-refractivity contribution in [1.29, 1.82) is 0 Å². The number of alkyl carbamates (subject to hydrolysis) is 1. The van der Waals surface area contributed by atoms with Gasteiger partial charge in [0.2, 0.25) is 0 Å². The van der Waals surface area contributed by atoms with Gasteiger partial charge in [-0.3, -0.25) is 20.4 Å². The number of carbonyl (C=O) groups excluding carboxylic acids is 3. The number of hydrogen-bond acceptors (Lipinski definition) is 6. The van der Waals surface area contributed by atoms with Gasteiger partial charge in [-0.05, 0) is 63.2 Å². The lowest BCUT2D eigenvalue weighted by Gasteiger charge is -2.37. The molecule has 198 valence electrons. The number of ether oxygens (including phenoxy) is 2. The Morgan fingerprint density at radius 2 is 1.49 bits per heavy atom. The molecule has 0 aliphatic carbocycles. The molecule has 1 rings (SSSR count). The van der Waals surface area contributed by atoms with Gasteiger partial charge >= 0.3 is 12.5 Å². The average molecular weight is 522 g/mol. The molecule has 0 unspecified atom stereocenters. The van der Waals surface area contributed by atoms with Crippen molar-refractivity contribution in [3.8, 4) is 5.75 Å². The summed E-state index contributed by atoms with van der Waals surface area (Å²) in [6.45, 7) is 14.8. The third-order valence-corrected chi connectivity index (χ3v) is 9.57. The molecule has 0 heterocycles. The van der Waals surface area contributed by atoms with E-state index in [0.717, 1.165) is 24.3 Å². The predicted molar refractivity (Wildman–Crippen MR) is 125 cm³/mol. The van der Waals surface area contributed by atoms with Crippen LogP contribution in [0.4, 0.5) is 18.0 Å². The Bertz CT molecular complexity index is 894. The van der Waals surface area contributed by atoms with Crippen molar-refractivity contribution in [1.82, 2.24) is 16.2 Å². The van der Waals surface area contributed by atoms with E-state index in [1.165, 1.54) is 0 Å². The van der Waals surface area contributed by atoms with Crippen molar-refractivity contribution in [3.63, 3.8) is 0 Å². The van der Waals surface area contributed by atoms with E-state index in [2.05, 4.69) is 20.9 Å². The molecule has 0 aromatic heterocycles. The van der Waals surface area contributed by atoms with Crippen LogP contribution >= 0.6 is 0 Å². The summed E-state index contributed by atoms with van der Waals surface area (Å²) in [4.78, 5) is 37.3. The molecule has 1 aromatic rings. The highest BCUT2D eigenvalue weighted by Crippen LogP contribution is 2.36. The molecule has 3 amide bonds. The van der Waals surface area contributed by atoms with Gasteiger partial charge in [-0.1, -0.05) is 20.8 Å². The van der Waals surface area contributed by atoms with E-state index < -0.39 is 50.0 Å². The van der Waals surface area contributed by atoms with Gasteiger partial charge in [-0.25, -0.2) is 4.79 Å². The molecule has 13 heteroatoms. The smallest absolute Gasteiger partial charge is 0.444 e. The summed E-state index contributed by atoms with van der Waals surface area (Å²) in [5.41, 5.74) is 3.51. The molecule has 0 fully saturated rings. The van der Waals surface area contributed by atoms with Gasteiger partial charge in [-0.2, -0.15) is 0 Å². The molecule has 35 heavy (non-hydrogen) atoms. The Hall–Kier alpha value is -2.80. The number of rotatable bonds is 7. The zero-order chi connectivity index (χ0) is 27.2. The van der Waals surface area contributed by atoms with Crippen LogP contribution in [0.1, 0.15) is 51.9 Å². The summed E-state index contributed by atoms with van der Waals surface area (Å²) in [5.74, 6) is -2.07. The van der Waals surface area contributed by atoms with E-state index in [1.807, 2.05) is 33.9 Å². The lowest BCUT2D eigenvalue weighted by atomic mass is 10.2. The number of alkyl halides is 3. The van der Waals surface area contributed by atoms with Crippen molar-refractivity contribution >= 4 is 26.2 Å². The largest absolute Gasteiger partial charge is 0.573 e. The summed E-state index contributed by atoms with van der Waals surface area (Å²) < 4.78 is 51.8. The van der Waals surface area contributed by atoms with E-state index in [-0.39, 0.29) is 17.2 Å². The zero-order valence-corrected chi connectivity index (χ0v) is 22.2. The predicted octanol–water partition coefficient (Wildman–Crippen LogP) is 4.26. The van der Waals surface area contributed by atoms with Crippen LogP contribution < -0.4 is 20.9 Å². The van der Waals surface area contributed by atoms with Crippen molar-refractivity contribution in [2.24, 2.45) is 0 Å². The SMILES string of the molecule is CC(C)(C)OC(=O)N[C@@H](CO[Si](C)(C)C(C)(C)C)C(=O)NNC(=O)c1ccc(OC(F)(F)F)cc1. The minimum absolute atomic E-state index is 0.0333. The van der Waals surface area contributed by atoms with Crippen molar-refractivity contribution in [3.05, 3.63) is 29.8 Å². The summed E-state index contributed by atoms with van der Waals surface area (Å²) in [6, 6.07) is 2.93. The fourth-order valence-electron chi connectivity index (χ4n) is 2.23.